The van der Waals surface area contributed by atoms with E-state index in [0.29, 0.717) is 0 Å². The number of hydrogen-bond donors (Lipinski definition) is 0. The summed E-state index contributed by atoms with van der Waals surface area (Å²) in [5, 5.41) is 0. The Kier molecular flexibility index (Phi) is 17.4. The molecule has 0 amide bonds. The lowest BCUT2D eigenvalue weighted by Gasteiger charge is -2.36. The zero-order chi connectivity index (χ0) is 19.5. The molecule has 0 rings (SSSR count). The zero-order valence-electron chi connectivity index (χ0n) is 18.1. The molecule has 0 N–H and O–H groups in total. The van der Waals surface area contributed by atoms with Gasteiger partial charge in [0.15, 0.2) is 0 Å². The van der Waals surface area contributed by atoms with Crippen LogP contribution in [0.2, 0.25) is 0 Å². The second kappa shape index (κ2) is 17.8. The molecule has 0 aliphatic rings. The van der Waals surface area contributed by atoms with Crippen molar-refractivity contribution >= 4 is 0 Å². The van der Waals surface area contributed by atoms with Crippen molar-refractivity contribution in [2.45, 2.75) is 96.9 Å². The molecule has 0 aliphatic carbocycles. The van der Waals surface area contributed by atoms with E-state index in [1.165, 1.54) is 38.5 Å². The summed E-state index contributed by atoms with van der Waals surface area (Å²) in [4.78, 5) is 0. The van der Waals surface area contributed by atoms with Gasteiger partial charge in [-0.15, -0.1) is 0 Å². The minimum absolute atomic E-state index is 0.259. The molecule has 0 bridgehead atoms. The highest BCUT2D eigenvalue weighted by atomic mass is 16.9. The topological polar surface area (TPSA) is 36.9 Å². The minimum Gasteiger partial charge on any atom is -0.502 e. The molecule has 26 heavy (non-hydrogen) atoms. The van der Waals surface area contributed by atoms with Crippen LogP contribution in [0.15, 0.2) is 12.3 Å². The fraction of sp³-hybridized carbons (Fsp3) is 0.909. The molecule has 0 saturated heterocycles. The molecule has 0 fully saturated rings. The predicted molar refractivity (Wildman–Crippen MR) is 109 cm³/mol. The molecule has 0 aromatic rings. The van der Waals surface area contributed by atoms with Crippen LogP contribution in [-0.2, 0) is 18.9 Å². The van der Waals surface area contributed by atoms with Crippen LogP contribution in [0.25, 0.3) is 0 Å². The molecule has 0 aliphatic heterocycles. The van der Waals surface area contributed by atoms with Gasteiger partial charge in [-0.25, -0.2) is 0 Å². The molecule has 0 radical (unpaired) electrons. The molecule has 156 valence electrons. The summed E-state index contributed by atoms with van der Waals surface area (Å²) >= 11 is 0. The van der Waals surface area contributed by atoms with E-state index in [4.69, 9.17) is 18.9 Å². The second-order valence-electron chi connectivity index (χ2n) is 6.97. The number of hydrogen-bond acceptors (Lipinski definition) is 4. The van der Waals surface area contributed by atoms with Crippen LogP contribution in [0.1, 0.15) is 90.9 Å². The molecule has 0 saturated carbocycles. The maximum absolute atomic E-state index is 5.64. The number of ether oxygens (including phenoxy) is 4. The van der Waals surface area contributed by atoms with Gasteiger partial charge in [0.25, 0.3) is 5.97 Å². The average Bonchev–Trinajstić information content (AvgIpc) is 2.67. The smallest absolute Gasteiger partial charge is 0.285 e. The third-order valence-electron chi connectivity index (χ3n) is 5.00. The standard InChI is InChI=1S/C22H44O4/c1-6-8-10-11-12-14-17-21(22(23-3,24-4)25-5)18-15-13-16-20-26-19-9-7-2/h9,19,21H,6-8,10-18,20H2,1-5H3. The number of unbranched alkanes of at least 4 members (excludes halogenated alkanes) is 7. The van der Waals surface area contributed by atoms with Crippen molar-refractivity contribution in [2.24, 2.45) is 5.92 Å². The van der Waals surface area contributed by atoms with Crippen LogP contribution in [0.5, 0.6) is 0 Å². The third-order valence-corrected chi connectivity index (χ3v) is 5.00. The Balaban J connectivity index is 4.26. The van der Waals surface area contributed by atoms with Gasteiger partial charge in [-0.05, 0) is 25.7 Å². The van der Waals surface area contributed by atoms with Gasteiger partial charge in [0.1, 0.15) is 0 Å². The van der Waals surface area contributed by atoms with Crippen LogP contribution < -0.4 is 0 Å². The van der Waals surface area contributed by atoms with Gasteiger partial charge < -0.3 is 18.9 Å². The van der Waals surface area contributed by atoms with Gasteiger partial charge in [0, 0.05) is 27.2 Å². The van der Waals surface area contributed by atoms with Crippen molar-refractivity contribution in [2.75, 3.05) is 27.9 Å². The summed E-state index contributed by atoms with van der Waals surface area (Å²) in [5.41, 5.74) is 0. The van der Waals surface area contributed by atoms with Crippen LogP contribution in [-0.4, -0.2) is 33.9 Å². The highest BCUT2D eigenvalue weighted by molar-refractivity contribution is 4.72. The highest BCUT2D eigenvalue weighted by Gasteiger charge is 2.39. The quantitative estimate of drug-likeness (QED) is 0.148. The molecule has 0 aromatic heterocycles. The van der Waals surface area contributed by atoms with Crippen molar-refractivity contribution in [3.8, 4) is 0 Å². The van der Waals surface area contributed by atoms with E-state index in [-0.39, 0.29) is 5.92 Å². The van der Waals surface area contributed by atoms with E-state index in [1.54, 1.807) is 21.3 Å². The van der Waals surface area contributed by atoms with Gasteiger partial charge in [-0.1, -0.05) is 71.3 Å². The lowest BCUT2D eigenvalue weighted by Crippen LogP contribution is -2.44. The van der Waals surface area contributed by atoms with Gasteiger partial charge in [-0.3, -0.25) is 0 Å². The van der Waals surface area contributed by atoms with Crippen molar-refractivity contribution in [1.29, 1.82) is 0 Å². The normalized spacial score (nSPS) is 13.4. The van der Waals surface area contributed by atoms with Gasteiger partial charge >= 0.3 is 0 Å². The van der Waals surface area contributed by atoms with E-state index >= 15 is 0 Å². The second-order valence-corrected chi connectivity index (χ2v) is 6.97. The van der Waals surface area contributed by atoms with E-state index in [2.05, 4.69) is 13.8 Å². The van der Waals surface area contributed by atoms with E-state index in [0.717, 1.165) is 45.1 Å². The van der Waals surface area contributed by atoms with Gasteiger partial charge in [0.05, 0.1) is 12.9 Å². The van der Waals surface area contributed by atoms with Gasteiger partial charge in [0.2, 0.25) is 0 Å². The summed E-state index contributed by atoms with van der Waals surface area (Å²) in [5.74, 6) is -0.654. The fourth-order valence-electron chi connectivity index (χ4n) is 3.40. The molecular formula is C22H44O4. The molecule has 4 heteroatoms. The van der Waals surface area contributed by atoms with Crippen molar-refractivity contribution in [3.63, 3.8) is 0 Å². The number of methoxy groups -OCH3 is 3. The first-order chi connectivity index (χ1) is 12.7. The highest BCUT2D eigenvalue weighted by Crippen LogP contribution is 2.32. The van der Waals surface area contributed by atoms with E-state index in [1.807, 2.05) is 12.3 Å². The maximum Gasteiger partial charge on any atom is 0.285 e. The molecule has 1 unspecified atom stereocenters. The Morgan fingerprint density at radius 2 is 1.27 bits per heavy atom. The van der Waals surface area contributed by atoms with Gasteiger partial charge in [-0.2, -0.15) is 0 Å². The summed E-state index contributed by atoms with van der Waals surface area (Å²) in [7, 11) is 5.03. The van der Waals surface area contributed by atoms with E-state index in [9.17, 15) is 0 Å². The Morgan fingerprint density at radius 1 is 0.731 bits per heavy atom. The first kappa shape index (κ1) is 25.4. The Morgan fingerprint density at radius 3 is 1.81 bits per heavy atom. The van der Waals surface area contributed by atoms with Crippen LogP contribution in [0.3, 0.4) is 0 Å². The van der Waals surface area contributed by atoms with Crippen LogP contribution in [0.4, 0.5) is 0 Å². The SMILES string of the molecule is CCC=COCCCCCC(CCCCCCCC)C(OC)(OC)OC. The van der Waals surface area contributed by atoms with Crippen molar-refractivity contribution in [1.82, 2.24) is 0 Å². The fourth-order valence-corrected chi connectivity index (χ4v) is 3.40. The lowest BCUT2D eigenvalue weighted by atomic mass is 9.92. The van der Waals surface area contributed by atoms with Crippen LogP contribution >= 0.6 is 0 Å². The zero-order valence-corrected chi connectivity index (χ0v) is 18.1. The molecule has 0 aromatic carbocycles. The largest absolute Gasteiger partial charge is 0.502 e. The summed E-state index contributed by atoms with van der Waals surface area (Å²) in [6.45, 7) is 5.16. The Bertz CT molecular complexity index is 305. The summed E-state index contributed by atoms with van der Waals surface area (Å²) < 4.78 is 22.4. The summed E-state index contributed by atoms with van der Waals surface area (Å²) in [6.07, 6.45) is 18.2. The monoisotopic (exact) mass is 372 g/mol. The number of allylic oxidation sites excluding steroid dienone is 1. The lowest BCUT2D eigenvalue weighted by molar-refractivity contribution is -0.380. The maximum atomic E-state index is 5.64. The predicted octanol–water partition coefficient (Wildman–Crippen LogP) is 6.45. The Labute approximate surface area is 162 Å². The van der Waals surface area contributed by atoms with Crippen molar-refractivity contribution < 1.29 is 18.9 Å². The molecule has 4 nitrogen and oxygen atoms in total. The van der Waals surface area contributed by atoms with Crippen LogP contribution in [0, 0.1) is 5.92 Å². The molecule has 0 spiro atoms. The average molecular weight is 373 g/mol. The molecule has 0 heterocycles. The first-order valence-electron chi connectivity index (χ1n) is 10.6. The molecular weight excluding hydrogens is 328 g/mol. The molecule has 1 atom stereocenters. The first-order valence-corrected chi connectivity index (χ1v) is 10.6. The number of rotatable bonds is 19. The van der Waals surface area contributed by atoms with E-state index < -0.39 is 5.97 Å². The summed E-state index contributed by atoms with van der Waals surface area (Å²) in [6, 6.07) is 0. The minimum atomic E-state index is -0.913. The Hall–Kier alpha value is -0.580. The third kappa shape index (κ3) is 11.2. The van der Waals surface area contributed by atoms with Crippen molar-refractivity contribution in [3.05, 3.63) is 12.3 Å².